The Hall–Kier alpha value is -2.95. The molecule has 128 valence electrons. The summed E-state index contributed by atoms with van der Waals surface area (Å²) in [6, 6.07) is 6.95. The van der Waals surface area contributed by atoms with Crippen molar-refractivity contribution < 1.29 is 9.18 Å². The van der Waals surface area contributed by atoms with Crippen LogP contribution in [0.5, 0.6) is 0 Å². The van der Waals surface area contributed by atoms with Gasteiger partial charge < -0.3 is 10.3 Å². The van der Waals surface area contributed by atoms with Gasteiger partial charge in [-0.25, -0.2) is 4.39 Å². The van der Waals surface area contributed by atoms with E-state index in [2.05, 4.69) is 15.3 Å². The quantitative estimate of drug-likeness (QED) is 0.698. The first-order valence-corrected chi connectivity index (χ1v) is 8.18. The molecule has 4 nitrogen and oxygen atoms in total. The van der Waals surface area contributed by atoms with Crippen LogP contribution in [0.25, 0.3) is 17.0 Å². The second kappa shape index (κ2) is 7.30. The molecular weight excluding hydrogens is 317 g/mol. The Kier molecular flexibility index (Phi) is 4.93. The molecule has 0 radical (unpaired) electrons. The number of hydrogen-bond donors (Lipinski definition) is 2. The number of pyridine rings is 1. The number of carbonyl (C=O) groups is 1. The molecule has 25 heavy (non-hydrogen) atoms. The van der Waals surface area contributed by atoms with Crippen molar-refractivity contribution in [1.82, 2.24) is 15.3 Å². The fourth-order valence-corrected chi connectivity index (χ4v) is 2.97. The van der Waals surface area contributed by atoms with Crippen LogP contribution in [0, 0.1) is 19.7 Å². The fourth-order valence-electron chi connectivity index (χ4n) is 2.97. The number of amides is 1. The minimum atomic E-state index is -0.251. The fraction of sp³-hybridized carbons (Fsp3) is 0.200. The summed E-state index contributed by atoms with van der Waals surface area (Å²) in [5.74, 6) is -0.414. The summed E-state index contributed by atoms with van der Waals surface area (Å²) in [5.41, 5.74) is 4.41. The minimum absolute atomic E-state index is 0.163. The molecule has 0 saturated carbocycles. The molecule has 2 N–H and O–H groups in total. The number of halogens is 1. The third-order valence-electron chi connectivity index (χ3n) is 4.22. The van der Waals surface area contributed by atoms with Gasteiger partial charge in [0.1, 0.15) is 5.82 Å². The molecule has 2 aromatic heterocycles. The number of aromatic nitrogens is 2. The first kappa shape index (κ1) is 16.9. The Morgan fingerprint density at radius 2 is 2.16 bits per heavy atom. The Bertz CT molecular complexity index is 929. The third kappa shape index (κ3) is 3.76. The lowest BCUT2D eigenvalue weighted by molar-refractivity contribution is -0.116. The minimum Gasteiger partial charge on any atom is -0.356 e. The zero-order valence-electron chi connectivity index (χ0n) is 14.3. The Balaban J connectivity index is 1.65. The van der Waals surface area contributed by atoms with Crippen molar-refractivity contribution in [3.8, 4) is 0 Å². The number of aryl methyl sites for hydroxylation is 2. The van der Waals surface area contributed by atoms with Crippen LogP contribution in [-0.2, 0) is 11.2 Å². The van der Waals surface area contributed by atoms with Gasteiger partial charge in [-0.2, -0.15) is 0 Å². The van der Waals surface area contributed by atoms with Crippen LogP contribution in [0.2, 0.25) is 0 Å². The Morgan fingerprint density at radius 3 is 2.92 bits per heavy atom. The monoisotopic (exact) mass is 337 g/mol. The van der Waals surface area contributed by atoms with Gasteiger partial charge in [0.25, 0.3) is 0 Å². The van der Waals surface area contributed by atoms with Crippen molar-refractivity contribution >= 4 is 22.9 Å². The van der Waals surface area contributed by atoms with E-state index >= 15 is 0 Å². The highest BCUT2D eigenvalue weighted by Gasteiger charge is 2.13. The second-order valence-electron chi connectivity index (χ2n) is 6.00. The Morgan fingerprint density at radius 1 is 1.32 bits per heavy atom. The molecule has 3 aromatic rings. The van der Waals surface area contributed by atoms with Crippen molar-refractivity contribution in [3.63, 3.8) is 0 Å². The van der Waals surface area contributed by atoms with Gasteiger partial charge in [0.2, 0.25) is 5.91 Å². The molecule has 0 bridgehead atoms. The zero-order valence-corrected chi connectivity index (χ0v) is 14.3. The lowest BCUT2D eigenvalue weighted by Crippen LogP contribution is -2.23. The number of benzene rings is 1. The molecule has 0 saturated heterocycles. The van der Waals surface area contributed by atoms with Crippen LogP contribution in [-0.4, -0.2) is 22.4 Å². The number of aromatic amines is 1. The van der Waals surface area contributed by atoms with E-state index in [-0.39, 0.29) is 11.7 Å². The maximum absolute atomic E-state index is 14.0. The van der Waals surface area contributed by atoms with E-state index in [1.807, 2.05) is 26.0 Å². The van der Waals surface area contributed by atoms with Gasteiger partial charge in [-0.15, -0.1) is 0 Å². The average Bonchev–Trinajstić information content (AvgIpc) is 2.95. The van der Waals surface area contributed by atoms with Crippen LogP contribution in [0.1, 0.15) is 22.4 Å². The summed E-state index contributed by atoms with van der Waals surface area (Å²) >= 11 is 0. The average molecular weight is 337 g/mol. The first-order valence-electron chi connectivity index (χ1n) is 8.18. The lowest BCUT2D eigenvalue weighted by Gasteiger charge is -2.05. The van der Waals surface area contributed by atoms with Crippen LogP contribution < -0.4 is 5.32 Å². The molecule has 0 atom stereocenters. The summed E-state index contributed by atoms with van der Waals surface area (Å²) in [6.07, 6.45) is 7.23. The highest BCUT2D eigenvalue weighted by Crippen LogP contribution is 2.27. The normalized spacial score (nSPS) is 11.3. The molecule has 0 fully saturated rings. The third-order valence-corrected chi connectivity index (χ3v) is 4.22. The summed E-state index contributed by atoms with van der Waals surface area (Å²) in [7, 11) is 0. The molecule has 2 heterocycles. The van der Waals surface area contributed by atoms with Crippen molar-refractivity contribution in [2.75, 3.05) is 6.54 Å². The van der Waals surface area contributed by atoms with Gasteiger partial charge in [-0.05, 0) is 55.2 Å². The van der Waals surface area contributed by atoms with Gasteiger partial charge in [0.15, 0.2) is 0 Å². The smallest absolute Gasteiger partial charge is 0.244 e. The van der Waals surface area contributed by atoms with Crippen molar-refractivity contribution in [1.29, 1.82) is 0 Å². The molecule has 3 rings (SSSR count). The predicted octanol–water partition coefficient (Wildman–Crippen LogP) is 3.69. The van der Waals surface area contributed by atoms with Gasteiger partial charge in [-0.3, -0.25) is 9.78 Å². The number of hydrogen-bond acceptors (Lipinski definition) is 2. The topological polar surface area (TPSA) is 57.8 Å². The molecule has 1 amide bonds. The molecule has 0 unspecified atom stereocenters. The number of rotatable bonds is 5. The predicted molar refractivity (Wildman–Crippen MR) is 97.7 cm³/mol. The summed E-state index contributed by atoms with van der Waals surface area (Å²) in [6.45, 7) is 4.38. The SMILES string of the molecule is Cc1[nH]c2c(F)ccc(C)c2c1CCNC(=O)C=Cc1cccnc1. The van der Waals surface area contributed by atoms with E-state index in [4.69, 9.17) is 0 Å². The highest BCUT2D eigenvalue weighted by molar-refractivity contribution is 5.92. The summed E-state index contributed by atoms with van der Waals surface area (Å²) < 4.78 is 14.0. The maximum atomic E-state index is 14.0. The van der Waals surface area contributed by atoms with Gasteiger partial charge >= 0.3 is 0 Å². The van der Waals surface area contributed by atoms with Crippen LogP contribution in [0.15, 0.2) is 42.7 Å². The van der Waals surface area contributed by atoms with Gasteiger partial charge in [0.05, 0.1) is 5.52 Å². The number of H-pyrrole nitrogens is 1. The standard InChI is InChI=1S/C20H20FN3O/c1-13-5-7-17(21)20-19(13)16(14(2)24-20)9-11-23-18(25)8-6-15-4-3-10-22-12-15/h3-8,10,12,24H,9,11H2,1-2H3,(H,23,25). The summed E-state index contributed by atoms with van der Waals surface area (Å²) in [4.78, 5) is 19.0. The van der Waals surface area contributed by atoms with E-state index in [0.717, 1.165) is 27.8 Å². The summed E-state index contributed by atoms with van der Waals surface area (Å²) in [5, 5.41) is 3.78. The van der Waals surface area contributed by atoms with Gasteiger partial charge in [0, 0.05) is 36.1 Å². The first-order chi connectivity index (χ1) is 12.1. The van der Waals surface area contributed by atoms with Crippen molar-refractivity contribution in [2.45, 2.75) is 20.3 Å². The maximum Gasteiger partial charge on any atom is 0.244 e. The molecular formula is C20H20FN3O. The van der Waals surface area contributed by atoms with E-state index < -0.39 is 0 Å². The van der Waals surface area contributed by atoms with Crippen molar-refractivity contribution in [3.05, 3.63) is 70.9 Å². The number of fused-ring (bicyclic) bond motifs is 1. The van der Waals surface area contributed by atoms with E-state index in [1.165, 1.54) is 12.1 Å². The second-order valence-corrected chi connectivity index (χ2v) is 6.00. The largest absolute Gasteiger partial charge is 0.356 e. The number of nitrogens with one attached hydrogen (secondary N) is 2. The molecule has 0 aliphatic carbocycles. The molecule has 0 aliphatic rings. The number of carbonyl (C=O) groups excluding carboxylic acids is 1. The Labute approximate surface area is 145 Å². The molecule has 1 aromatic carbocycles. The highest BCUT2D eigenvalue weighted by atomic mass is 19.1. The zero-order chi connectivity index (χ0) is 17.8. The number of nitrogens with zero attached hydrogens (tertiary/aromatic N) is 1. The lowest BCUT2D eigenvalue weighted by atomic mass is 10.0. The van der Waals surface area contributed by atoms with E-state index in [1.54, 1.807) is 24.5 Å². The van der Waals surface area contributed by atoms with E-state index in [9.17, 15) is 9.18 Å². The molecule has 0 spiro atoms. The molecule has 5 heteroatoms. The van der Waals surface area contributed by atoms with Crippen LogP contribution in [0.3, 0.4) is 0 Å². The van der Waals surface area contributed by atoms with E-state index in [0.29, 0.717) is 18.5 Å². The van der Waals surface area contributed by atoms with Crippen molar-refractivity contribution in [2.24, 2.45) is 0 Å². The van der Waals surface area contributed by atoms with Crippen LogP contribution >= 0.6 is 0 Å². The van der Waals surface area contributed by atoms with Gasteiger partial charge in [-0.1, -0.05) is 12.1 Å². The molecule has 0 aliphatic heterocycles. The van der Waals surface area contributed by atoms with Crippen LogP contribution in [0.4, 0.5) is 4.39 Å².